The maximum Gasteiger partial charge on any atom is 0.242 e. The third-order valence-electron chi connectivity index (χ3n) is 2.82. The molecular formula is C15H23IN4O2S. The maximum atomic E-state index is 12.0. The van der Waals surface area contributed by atoms with Crippen LogP contribution in [0.25, 0.3) is 0 Å². The number of aliphatic imine (C=N–C) groups is 1. The molecule has 0 heterocycles. The van der Waals surface area contributed by atoms with Gasteiger partial charge in [-0.1, -0.05) is 18.1 Å². The summed E-state index contributed by atoms with van der Waals surface area (Å²) >= 11 is 0. The minimum Gasteiger partial charge on any atom is -0.357 e. The average molecular weight is 450 g/mol. The predicted octanol–water partition coefficient (Wildman–Crippen LogP) is 1.24. The van der Waals surface area contributed by atoms with Crippen molar-refractivity contribution in [1.29, 1.82) is 0 Å². The van der Waals surface area contributed by atoms with Gasteiger partial charge in [-0.25, -0.2) is 17.7 Å². The molecule has 0 atom stereocenters. The molecule has 0 aromatic heterocycles. The Balaban J connectivity index is 0.00000484. The minimum absolute atomic E-state index is 0. The van der Waals surface area contributed by atoms with Gasteiger partial charge in [0.1, 0.15) is 0 Å². The first kappa shape index (κ1) is 21.7. The molecule has 0 aliphatic carbocycles. The van der Waals surface area contributed by atoms with Crippen molar-refractivity contribution in [1.82, 2.24) is 14.9 Å². The van der Waals surface area contributed by atoms with E-state index in [0.717, 1.165) is 12.1 Å². The van der Waals surface area contributed by atoms with E-state index >= 15 is 0 Å². The summed E-state index contributed by atoms with van der Waals surface area (Å²) in [6.45, 7) is 3.53. The summed E-state index contributed by atoms with van der Waals surface area (Å²) in [6.07, 6.45) is 5.21. The molecule has 0 bridgehead atoms. The Morgan fingerprint density at radius 3 is 2.35 bits per heavy atom. The van der Waals surface area contributed by atoms with Gasteiger partial charge in [0, 0.05) is 20.6 Å². The quantitative estimate of drug-likeness (QED) is 0.296. The molecule has 8 heteroatoms. The molecule has 0 unspecified atom stereocenters. The van der Waals surface area contributed by atoms with Gasteiger partial charge in [0.05, 0.1) is 18.0 Å². The van der Waals surface area contributed by atoms with E-state index in [1.807, 2.05) is 6.92 Å². The molecule has 1 rings (SSSR count). The van der Waals surface area contributed by atoms with Gasteiger partial charge in [0.15, 0.2) is 5.96 Å². The molecular weight excluding hydrogens is 427 g/mol. The highest BCUT2D eigenvalue weighted by atomic mass is 127. The minimum atomic E-state index is -3.39. The van der Waals surface area contributed by atoms with E-state index in [1.54, 1.807) is 24.3 Å². The van der Waals surface area contributed by atoms with Crippen LogP contribution in [-0.2, 0) is 16.6 Å². The summed E-state index contributed by atoms with van der Waals surface area (Å²) in [5.74, 6) is 3.12. The number of sulfonamides is 1. The van der Waals surface area contributed by atoms with Crippen molar-refractivity contribution in [2.45, 2.75) is 18.4 Å². The van der Waals surface area contributed by atoms with Crippen LogP contribution in [-0.4, -0.2) is 45.9 Å². The number of benzene rings is 1. The molecule has 128 valence electrons. The van der Waals surface area contributed by atoms with E-state index < -0.39 is 10.0 Å². The molecule has 0 saturated carbocycles. The zero-order chi connectivity index (χ0) is 16.6. The first-order chi connectivity index (χ1) is 10.4. The van der Waals surface area contributed by atoms with Gasteiger partial charge in [-0.05, 0) is 24.6 Å². The second-order valence-electron chi connectivity index (χ2n) is 4.68. The van der Waals surface area contributed by atoms with E-state index in [-0.39, 0.29) is 28.9 Å². The molecule has 0 radical (unpaired) electrons. The van der Waals surface area contributed by atoms with Gasteiger partial charge in [0.2, 0.25) is 10.0 Å². The van der Waals surface area contributed by atoms with Crippen molar-refractivity contribution < 1.29 is 8.42 Å². The molecule has 2 N–H and O–H groups in total. The smallest absolute Gasteiger partial charge is 0.242 e. The van der Waals surface area contributed by atoms with Crippen molar-refractivity contribution in [2.75, 3.05) is 27.2 Å². The summed E-state index contributed by atoms with van der Waals surface area (Å²) in [7, 11) is -0.380. The molecule has 23 heavy (non-hydrogen) atoms. The van der Waals surface area contributed by atoms with Crippen LogP contribution < -0.4 is 10.6 Å². The van der Waals surface area contributed by atoms with Crippen molar-refractivity contribution in [3.8, 4) is 12.3 Å². The number of nitrogens with zero attached hydrogens (tertiary/aromatic N) is 2. The number of hydrogen-bond acceptors (Lipinski definition) is 3. The van der Waals surface area contributed by atoms with Crippen LogP contribution in [0.5, 0.6) is 0 Å². The maximum absolute atomic E-state index is 12.0. The van der Waals surface area contributed by atoms with Gasteiger partial charge in [-0.2, -0.15) is 0 Å². The Morgan fingerprint density at radius 1 is 1.26 bits per heavy atom. The number of terminal acetylenes is 1. The van der Waals surface area contributed by atoms with Crippen LogP contribution in [0, 0.1) is 12.3 Å². The van der Waals surface area contributed by atoms with Crippen molar-refractivity contribution in [2.24, 2.45) is 4.99 Å². The zero-order valence-electron chi connectivity index (χ0n) is 13.5. The summed E-state index contributed by atoms with van der Waals surface area (Å²) in [5.41, 5.74) is 0.913. The third-order valence-corrected chi connectivity index (χ3v) is 4.65. The SMILES string of the molecule is C#CCNC(=NCc1ccc(S(=O)(=O)N(C)C)cc1)NCC.I. The molecule has 0 aliphatic heterocycles. The van der Waals surface area contributed by atoms with E-state index in [4.69, 9.17) is 6.42 Å². The molecule has 1 aromatic rings. The number of halogens is 1. The highest BCUT2D eigenvalue weighted by Gasteiger charge is 2.16. The first-order valence-electron chi connectivity index (χ1n) is 6.89. The third kappa shape index (κ3) is 6.76. The fraction of sp³-hybridized carbons (Fsp3) is 0.400. The second-order valence-corrected chi connectivity index (χ2v) is 6.84. The van der Waals surface area contributed by atoms with E-state index in [9.17, 15) is 8.42 Å². The fourth-order valence-corrected chi connectivity index (χ4v) is 2.53. The van der Waals surface area contributed by atoms with Crippen LogP contribution in [0.15, 0.2) is 34.2 Å². The number of rotatable bonds is 6. The number of hydrogen-bond donors (Lipinski definition) is 2. The van der Waals surface area contributed by atoms with Crippen LogP contribution in [0.2, 0.25) is 0 Å². The topological polar surface area (TPSA) is 73.8 Å². The van der Waals surface area contributed by atoms with Crippen molar-refractivity contribution >= 4 is 40.0 Å². The summed E-state index contributed by atoms with van der Waals surface area (Å²) in [5, 5.41) is 6.07. The zero-order valence-corrected chi connectivity index (χ0v) is 16.7. The average Bonchev–Trinajstić information content (AvgIpc) is 2.50. The molecule has 0 aliphatic rings. The van der Waals surface area contributed by atoms with E-state index in [1.165, 1.54) is 18.4 Å². The molecule has 6 nitrogen and oxygen atoms in total. The Morgan fingerprint density at radius 2 is 1.87 bits per heavy atom. The highest BCUT2D eigenvalue weighted by Crippen LogP contribution is 2.14. The Kier molecular flexibility index (Phi) is 9.87. The van der Waals surface area contributed by atoms with Crippen molar-refractivity contribution in [3.05, 3.63) is 29.8 Å². The van der Waals surface area contributed by atoms with Gasteiger partial charge in [0.25, 0.3) is 0 Å². The Hall–Kier alpha value is -1.31. The normalized spacial score (nSPS) is 11.5. The number of nitrogens with one attached hydrogen (secondary N) is 2. The summed E-state index contributed by atoms with van der Waals surface area (Å²) in [4.78, 5) is 4.65. The molecule has 0 amide bonds. The lowest BCUT2D eigenvalue weighted by atomic mass is 10.2. The van der Waals surface area contributed by atoms with Crippen LogP contribution in [0.4, 0.5) is 0 Å². The Bertz CT molecular complexity index is 649. The molecule has 1 aromatic carbocycles. The first-order valence-corrected chi connectivity index (χ1v) is 8.33. The largest absolute Gasteiger partial charge is 0.357 e. The molecule has 0 fully saturated rings. The lowest BCUT2D eigenvalue weighted by molar-refractivity contribution is 0.520. The summed E-state index contributed by atoms with van der Waals surface area (Å²) in [6, 6.07) is 6.68. The van der Waals surface area contributed by atoms with E-state index in [2.05, 4.69) is 21.5 Å². The van der Waals surface area contributed by atoms with Crippen LogP contribution in [0.3, 0.4) is 0 Å². The van der Waals surface area contributed by atoms with Crippen LogP contribution >= 0.6 is 24.0 Å². The predicted molar refractivity (Wildman–Crippen MR) is 104 cm³/mol. The van der Waals surface area contributed by atoms with Crippen molar-refractivity contribution in [3.63, 3.8) is 0 Å². The fourth-order valence-electron chi connectivity index (χ4n) is 1.62. The Labute approximate surface area is 155 Å². The second kappa shape index (κ2) is 10.5. The number of guanidine groups is 1. The van der Waals surface area contributed by atoms with Gasteiger partial charge in [-0.15, -0.1) is 30.4 Å². The lowest BCUT2D eigenvalue weighted by Crippen LogP contribution is -2.37. The van der Waals surface area contributed by atoms with Crippen LogP contribution in [0.1, 0.15) is 12.5 Å². The van der Waals surface area contributed by atoms with Gasteiger partial charge in [-0.3, -0.25) is 0 Å². The summed E-state index contributed by atoms with van der Waals surface area (Å²) < 4.78 is 25.1. The highest BCUT2D eigenvalue weighted by molar-refractivity contribution is 14.0. The monoisotopic (exact) mass is 450 g/mol. The van der Waals surface area contributed by atoms with Gasteiger partial charge >= 0.3 is 0 Å². The standard InChI is InChI=1S/C15H22N4O2S.HI/c1-5-11-17-15(16-6-2)18-12-13-7-9-14(10-8-13)22(20,21)19(3)4;/h1,7-10H,6,11-12H2,2-4H3,(H2,16,17,18);1H. The molecule has 0 spiro atoms. The van der Waals surface area contributed by atoms with E-state index in [0.29, 0.717) is 19.0 Å². The van der Waals surface area contributed by atoms with Gasteiger partial charge < -0.3 is 10.6 Å². The lowest BCUT2D eigenvalue weighted by Gasteiger charge is -2.11. The molecule has 0 saturated heterocycles.